The van der Waals surface area contributed by atoms with Crippen LogP contribution in [0.3, 0.4) is 0 Å². The van der Waals surface area contributed by atoms with Crippen LogP contribution in [0, 0.1) is 0 Å². The Labute approximate surface area is 131 Å². The molecule has 0 radical (unpaired) electrons. The molecule has 1 N–H and O–H groups in total. The molecule has 1 aromatic heterocycles. The molecule has 0 unspecified atom stereocenters. The molecule has 0 aromatic carbocycles. The predicted molar refractivity (Wildman–Crippen MR) is 85.0 cm³/mol. The van der Waals surface area contributed by atoms with Crippen LogP contribution in [0.25, 0.3) is 0 Å². The van der Waals surface area contributed by atoms with Gasteiger partial charge >= 0.3 is 0 Å². The maximum atomic E-state index is 12.5. The Bertz CT molecular complexity index is 475. The second-order valence-corrected chi connectivity index (χ2v) is 5.27. The van der Waals surface area contributed by atoms with Gasteiger partial charge in [-0.1, -0.05) is 6.92 Å². The minimum atomic E-state index is -0.0157. The first-order chi connectivity index (χ1) is 10.7. The van der Waals surface area contributed by atoms with E-state index in [1.54, 1.807) is 19.4 Å². The highest BCUT2D eigenvalue weighted by molar-refractivity contribution is 5.92. The lowest BCUT2D eigenvalue weighted by Crippen LogP contribution is -2.48. The molecule has 0 saturated carbocycles. The Balaban J connectivity index is 1.90. The molecular weight excluding hydrogens is 282 g/mol. The summed E-state index contributed by atoms with van der Waals surface area (Å²) in [6, 6.07) is 1.68. The van der Waals surface area contributed by atoms with E-state index in [-0.39, 0.29) is 5.91 Å². The van der Waals surface area contributed by atoms with Crippen LogP contribution >= 0.6 is 0 Å². The molecule has 1 aliphatic rings. The fourth-order valence-electron chi connectivity index (χ4n) is 2.41. The van der Waals surface area contributed by atoms with Crippen molar-refractivity contribution < 1.29 is 9.53 Å². The fraction of sp³-hybridized carbons (Fsp3) is 0.667. The minimum absolute atomic E-state index is 0.0157. The van der Waals surface area contributed by atoms with Gasteiger partial charge in [-0.3, -0.25) is 4.79 Å². The number of rotatable bonds is 7. The summed E-state index contributed by atoms with van der Waals surface area (Å²) in [5.74, 6) is 0.479. The summed E-state index contributed by atoms with van der Waals surface area (Å²) in [5, 5.41) is 3.11. The van der Waals surface area contributed by atoms with Crippen LogP contribution in [0.4, 0.5) is 5.95 Å². The van der Waals surface area contributed by atoms with Gasteiger partial charge < -0.3 is 19.9 Å². The lowest BCUT2D eigenvalue weighted by molar-refractivity contribution is 0.0637. The van der Waals surface area contributed by atoms with Gasteiger partial charge in [-0.2, -0.15) is 0 Å². The van der Waals surface area contributed by atoms with Gasteiger partial charge in [0, 0.05) is 52.6 Å². The second kappa shape index (κ2) is 8.65. The number of hydrogen-bond acceptors (Lipinski definition) is 6. The highest BCUT2D eigenvalue weighted by Gasteiger charge is 2.22. The van der Waals surface area contributed by atoms with Crippen molar-refractivity contribution in [1.29, 1.82) is 0 Å². The molecule has 122 valence electrons. The van der Waals surface area contributed by atoms with E-state index < -0.39 is 0 Å². The number of hydrogen-bond donors (Lipinski definition) is 1. The molecule has 1 aromatic rings. The van der Waals surface area contributed by atoms with Crippen molar-refractivity contribution >= 4 is 11.9 Å². The molecule has 2 rings (SSSR count). The van der Waals surface area contributed by atoms with Crippen molar-refractivity contribution in [3.05, 3.63) is 18.0 Å². The molecule has 0 spiro atoms. The standard InChI is InChI=1S/C15H25N5O2/c1-3-19-8-10-20(11-9-19)14(21)13-5-7-17-15(18-13)16-6-4-12-22-2/h5,7H,3-4,6,8-12H2,1-2H3,(H,16,17,18). The summed E-state index contributed by atoms with van der Waals surface area (Å²) < 4.78 is 4.99. The Morgan fingerprint density at radius 2 is 2.14 bits per heavy atom. The van der Waals surface area contributed by atoms with Crippen molar-refractivity contribution in [1.82, 2.24) is 19.8 Å². The molecule has 0 atom stereocenters. The quantitative estimate of drug-likeness (QED) is 0.748. The van der Waals surface area contributed by atoms with E-state index in [0.717, 1.165) is 45.7 Å². The number of amides is 1. The number of methoxy groups -OCH3 is 1. The molecule has 1 fully saturated rings. The van der Waals surface area contributed by atoms with Gasteiger partial charge in [0.2, 0.25) is 5.95 Å². The Morgan fingerprint density at radius 1 is 1.36 bits per heavy atom. The number of ether oxygens (including phenoxy) is 1. The zero-order valence-corrected chi connectivity index (χ0v) is 13.4. The van der Waals surface area contributed by atoms with Crippen molar-refractivity contribution in [2.24, 2.45) is 0 Å². The zero-order valence-electron chi connectivity index (χ0n) is 13.4. The Hall–Kier alpha value is -1.73. The summed E-state index contributed by atoms with van der Waals surface area (Å²) in [7, 11) is 1.67. The van der Waals surface area contributed by atoms with E-state index >= 15 is 0 Å². The lowest BCUT2D eigenvalue weighted by atomic mass is 10.2. The SMILES string of the molecule is CCN1CCN(C(=O)c2ccnc(NCCCOC)n2)CC1. The first-order valence-corrected chi connectivity index (χ1v) is 7.82. The van der Waals surface area contributed by atoms with Crippen LogP contribution in [-0.4, -0.2) is 78.7 Å². The molecule has 1 amide bonds. The molecule has 2 heterocycles. The van der Waals surface area contributed by atoms with Gasteiger partial charge in [0.05, 0.1) is 0 Å². The monoisotopic (exact) mass is 307 g/mol. The largest absolute Gasteiger partial charge is 0.385 e. The molecule has 7 heteroatoms. The molecule has 7 nitrogen and oxygen atoms in total. The Morgan fingerprint density at radius 3 is 2.82 bits per heavy atom. The number of nitrogens with zero attached hydrogens (tertiary/aromatic N) is 4. The van der Waals surface area contributed by atoms with Gasteiger partial charge in [-0.15, -0.1) is 0 Å². The van der Waals surface area contributed by atoms with Crippen LogP contribution in [0.5, 0.6) is 0 Å². The average molecular weight is 307 g/mol. The number of anilines is 1. The second-order valence-electron chi connectivity index (χ2n) is 5.27. The summed E-state index contributed by atoms with van der Waals surface area (Å²) >= 11 is 0. The highest BCUT2D eigenvalue weighted by Crippen LogP contribution is 2.08. The van der Waals surface area contributed by atoms with E-state index in [1.165, 1.54) is 0 Å². The van der Waals surface area contributed by atoms with Gasteiger partial charge in [-0.25, -0.2) is 9.97 Å². The topological polar surface area (TPSA) is 70.6 Å². The van der Waals surface area contributed by atoms with Gasteiger partial charge in [-0.05, 0) is 19.0 Å². The summed E-state index contributed by atoms with van der Waals surface area (Å²) in [6.45, 7) is 7.95. The number of aromatic nitrogens is 2. The summed E-state index contributed by atoms with van der Waals surface area (Å²) in [6.07, 6.45) is 2.50. The average Bonchev–Trinajstić information content (AvgIpc) is 2.58. The van der Waals surface area contributed by atoms with Crippen LogP contribution in [-0.2, 0) is 4.74 Å². The maximum absolute atomic E-state index is 12.5. The van der Waals surface area contributed by atoms with Crippen molar-refractivity contribution in [2.75, 3.05) is 58.3 Å². The van der Waals surface area contributed by atoms with Crippen molar-refractivity contribution in [3.8, 4) is 0 Å². The van der Waals surface area contributed by atoms with Gasteiger partial charge in [0.1, 0.15) is 5.69 Å². The number of nitrogens with one attached hydrogen (secondary N) is 1. The third-order valence-corrected chi connectivity index (χ3v) is 3.79. The third kappa shape index (κ3) is 4.64. The van der Waals surface area contributed by atoms with Crippen LogP contribution in [0.2, 0.25) is 0 Å². The number of likely N-dealkylation sites (N-methyl/N-ethyl adjacent to an activating group) is 1. The van der Waals surface area contributed by atoms with E-state index in [0.29, 0.717) is 18.2 Å². The van der Waals surface area contributed by atoms with Crippen molar-refractivity contribution in [3.63, 3.8) is 0 Å². The minimum Gasteiger partial charge on any atom is -0.385 e. The van der Waals surface area contributed by atoms with Crippen molar-refractivity contribution in [2.45, 2.75) is 13.3 Å². The van der Waals surface area contributed by atoms with E-state index in [4.69, 9.17) is 4.74 Å². The maximum Gasteiger partial charge on any atom is 0.272 e. The first kappa shape index (κ1) is 16.6. The molecule has 22 heavy (non-hydrogen) atoms. The molecule has 1 saturated heterocycles. The Kier molecular flexibility index (Phi) is 6.54. The van der Waals surface area contributed by atoms with E-state index in [1.807, 2.05) is 4.90 Å². The number of carbonyl (C=O) groups is 1. The van der Waals surface area contributed by atoms with Crippen LogP contribution < -0.4 is 5.32 Å². The molecule has 1 aliphatic heterocycles. The van der Waals surface area contributed by atoms with Crippen LogP contribution in [0.15, 0.2) is 12.3 Å². The number of carbonyl (C=O) groups excluding carboxylic acids is 1. The van der Waals surface area contributed by atoms with Gasteiger partial charge in [0.15, 0.2) is 0 Å². The molecule has 0 bridgehead atoms. The van der Waals surface area contributed by atoms with Crippen LogP contribution in [0.1, 0.15) is 23.8 Å². The third-order valence-electron chi connectivity index (χ3n) is 3.79. The summed E-state index contributed by atoms with van der Waals surface area (Å²) in [4.78, 5) is 25.2. The number of piperazine rings is 1. The normalized spacial score (nSPS) is 15.8. The predicted octanol–water partition coefficient (Wildman–Crippen LogP) is 0.703. The summed E-state index contributed by atoms with van der Waals surface area (Å²) in [5.41, 5.74) is 0.453. The fourth-order valence-corrected chi connectivity index (χ4v) is 2.41. The van der Waals surface area contributed by atoms with E-state index in [2.05, 4.69) is 27.1 Å². The van der Waals surface area contributed by atoms with Gasteiger partial charge in [0.25, 0.3) is 5.91 Å². The zero-order chi connectivity index (χ0) is 15.8. The van der Waals surface area contributed by atoms with E-state index in [9.17, 15) is 4.79 Å². The lowest BCUT2D eigenvalue weighted by Gasteiger charge is -2.33. The molecule has 0 aliphatic carbocycles. The molecular formula is C15H25N5O2. The smallest absolute Gasteiger partial charge is 0.272 e. The highest BCUT2D eigenvalue weighted by atomic mass is 16.5. The first-order valence-electron chi connectivity index (χ1n) is 7.82.